The average Bonchev–Trinajstić information content (AvgIpc) is 3.15. The Bertz CT molecular complexity index is 1030. The first-order valence-electron chi connectivity index (χ1n) is 8.77. The summed E-state index contributed by atoms with van der Waals surface area (Å²) in [6.45, 7) is 1.10. The molecule has 1 amide bonds. The van der Waals surface area contributed by atoms with Crippen LogP contribution in [0.4, 0.5) is 0 Å². The Balaban J connectivity index is 1.76. The third-order valence-electron chi connectivity index (χ3n) is 4.64. The van der Waals surface area contributed by atoms with Gasteiger partial charge in [-0.15, -0.1) is 0 Å². The van der Waals surface area contributed by atoms with E-state index in [0.717, 1.165) is 0 Å². The number of aromatic nitrogens is 4. The molecule has 0 saturated carbocycles. The summed E-state index contributed by atoms with van der Waals surface area (Å²) in [6.07, 6.45) is 1.54. The van der Waals surface area contributed by atoms with E-state index in [1.807, 2.05) is 18.2 Å². The van der Waals surface area contributed by atoms with E-state index in [4.69, 9.17) is 5.73 Å². The van der Waals surface area contributed by atoms with Gasteiger partial charge in [-0.3, -0.25) is 14.3 Å². The fraction of sp³-hybridized carbons (Fsp3) is 0.211. The summed E-state index contributed by atoms with van der Waals surface area (Å²) < 4.78 is 1.63. The van der Waals surface area contributed by atoms with Crippen LogP contribution in [0.3, 0.4) is 0 Å². The molecule has 0 fully saturated rings. The molecule has 3 heterocycles. The van der Waals surface area contributed by atoms with Crippen LogP contribution in [-0.4, -0.2) is 49.3 Å². The zero-order chi connectivity index (χ0) is 19.7. The number of carbonyl (C=O) groups is 2. The number of carbonyl (C=O) groups excluding carboxylic acids is 1. The fourth-order valence-electron chi connectivity index (χ4n) is 3.25. The number of carboxylic acid groups (broad SMARTS) is 1. The van der Waals surface area contributed by atoms with Gasteiger partial charge in [-0.2, -0.15) is 5.10 Å². The van der Waals surface area contributed by atoms with Gasteiger partial charge in [0.2, 0.25) is 0 Å². The number of rotatable bonds is 5. The van der Waals surface area contributed by atoms with Crippen LogP contribution in [0.2, 0.25) is 0 Å². The number of carboxylic acids is 1. The van der Waals surface area contributed by atoms with Gasteiger partial charge in [0.15, 0.2) is 0 Å². The van der Waals surface area contributed by atoms with Crippen molar-refractivity contribution in [3.8, 4) is 11.4 Å². The Morgan fingerprint density at radius 2 is 2.00 bits per heavy atom. The minimum atomic E-state index is -1.21. The number of nitrogens with two attached hydrogens (primary N) is 1. The SMILES string of the molecule is N[C@H](C(=O)O)C(c1ccccc1)c1nccc(-c2cc3n(n2)CCNC3=O)n1. The molecular formula is C19H18N6O3. The lowest BCUT2D eigenvalue weighted by Gasteiger charge is -2.20. The summed E-state index contributed by atoms with van der Waals surface area (Å²) in [4.78, 5) is 32.3. The zero-order valence-electron chi connectivity index (χ0n) is 14.8. The maximum atomic E-state index is 12.0. The fourth-order valence-corrected chi connectivity index (χ4v) is 3.25. The quantitative estimate of drug-likeness (QED) is 0.592. The van der Waals surface area contributed by atoms with E-state index >= 15 is 0 Å². The molecule has 0 aliphatic carbocycles. The standard InChI is InChI=1S/C19H18N6O3/c20-16(19(27)28)15(11-4-2-1-3-5-11)17-21-7-6-12(23-17)13-10-14-18(26)22-8-9-25(14)24-13/h1-7,10,15-16H,8-9,20H2,(H,22,26)(H,27,28)/t15?,16-/m0/s1. The van der Waals surface area contributed by atoms with Crippen LogP contribution in [0.25, 0.3) is 11.4 Å². The highest BCUT2D eigenvalue weighted by atomic mass is 16.4. The lowest BCUT2D eigenvalue weighted by Crippen LogP contribution is -2.38. The van der Waals surface area contributed by atoms with Gasteiger partial charge >= 0.3 is 5.97 Å². The van der Waals surface area contributed by atoms with Crippen molar-refractivity contribution in [2.24, 2.45) is 5.73 Å². The molecule has 1 aromatic carbocycles. The highest BCUT2D eigenvalue weighted by molar-refractivity contribution is 5.94. The molecule has 142 valence electrons. The summed E-state index contributed by atoms with van der Waals surface area (Å²) in [7, 11) is 0. The summed E-state index contributed by atoms with van der Waals surface area (Å²) in [5, 5.41) is 16.7. The second-order valence-corrected chi connectivity index (χ2v) is 6.45. The number of hydrogen-bond donors (Lipinski definition) is 3. The average molecular weight is 378 g/mol. The molecule has 28 heavy (non-hydrogen) atoms. The van der Waals surface area contributed by atoms with Gasteiger partial charge in [0, 0.05) is 12.7 Å². The largest absolute Gasteiger partial charge is 0.480 e. The van der Waals surface area contributed by atoms with E-state index in [-0.39, 0.29) is 11.7 Å². The first kappa shape index (κ1) is 17.8. The van der Waals surface area contributed by atoms with Crippen molar-refractivity contribution in [3.63, 3.8) is 0 Å². The molecule has 0 bridgehead atoms. The molecule has 0 saturated heterocycles. The van der Waals surface area contributed by atoms with Gasteiger partial charge in [0.25, 0.3) is 5.91 Å². The summed E-state index contributed by atoms with van der Waals surface area (Å²) in [5.41, 5.74) is 8.15. The molecule has 4 N–H and O–H groups in total. The van der Waals surface area contributed by atoms with Crippen LogP contribution in [0, 0.1) is 0 Å². The number of amides is 1. The zero-order valence-corrected chi connectivity index (χ0v) is 14.8. The minimum absolute atomic E-state index is 0.186. The molecule has 1 aliphatic rings. The van der Waals surface area contributed by atoms with Gasteiger partial charge < -0.3 is 16.2 Å². The Morgan fingerprint density at radius 3 is 2.71 bits per heavy atom. The monoisotopic (exact) mass is 378 g/mol. The molecule has 4 rings (SSSR count). The van der Waals surface area contributed by atoms with Crippen LogP contribution >= 0.6 is 0 Å². The third-order valence-corrected chi connectivity index (χ3v) is 4.64. The molecular weight excluding hydrogens is 360 g/mol. The van der Waals surface area contributed by atoms with Gasteiger partial charge in [-0.1, -0.05) is 30.3 Å². The topological polar surface area (TPSA) is 136 Å². The van der Waals surface area contributed by atoms with Gasteiger partial charge in [0.1, 0.15) is 23.3 Å². The first-order chi connectivity index (χ1) is 13.5. The number of fused-ring (bicyclic) bond motifs is 1. The molecule has 9 nitrogen and oxygen atoms in total. The van der Waals surface area contributed by atoms with Gasteiger partial charge in [-0.05, 0) is 17.7 Å². The number of benzene rings is 1. The molecule has 0 radical (unpaired) electrons. The molecule has 1 aliphatic heterocycles. The predicted octanol–water partition coefficient (Wildman–Crippen LogP) is 0.627. The summed E-state index contributed by atoms with van der Waals surface area (Å²) in [6, 6.07) is 11.2. The van der Waals surface area contributed by atoms with E-state index in [1.165, 1.54) is 0 Å². The lowest BCUT2D eigenvalue weighted by atomic mass is 9.91. The smallest absolute Gasteiger partial charge is 0.321 e. The van der Waals surface area contributed by atoms with Crippen LogP contribution in [0.15, 0.2) is 48.7 Å². The van der Waals surface area contributed by atoms with Crippen molar-refractivity contribution in [2.45, 2.75) is 18.5 Å². The van der Waals surface area contributed by atoms with E-state index in [0.29, 0.717) is 35.7 Å². The second kappa shape index (κ2) is 7.20. The number of hydrogen-bond acceptors (Lipinski definition) is 6. The maximum absolute atomic E-state index is 12.0. The Labute approximate surface area is 160 Å². The van der Waals surface area contributed by atoms with Crippen LogP contribution in [0.5, 0.6) is 0 Å². The molecule has 1 unspecified atom stereocenters. The van der Waals surface area contributed by atoms with E-state index in [2.05, 4.69) is 20.4 Å². The Hall–Kier alpha value is -3.59. The van der Waals surface area contributed by atoms with E-state index in [1.54, 1.807) is 35.1 Å². The molecule has 9 heteroatoms. The number of nitrogens with one attached hydrogen (secondary N) is 1. The third kappa shape index (κ3) is 3.23. The molecule has 2 atom stereocenters. The Kier molecular flexibility index (Phi) is 4.58. The van der Waals surface area contributed by atoms with Crippen molar-refractivity contribution < 1.29 is 14.7 Å². The number of aliphatic carboxylic acids is 1. The van der Waals surface area contributed by atoms with Crippen LogP contribution in [0.1, 0.15) is 27.8 Å². The molecule has 2 aromatic heterocycles. The van der Waals surface area contributed by atoms with E-state index < -0.39 is 17.9 Å². The molecule has 3 aromatic rings. The number of nitrogens with zero attached hydrogens (tertiary/aromatic N) is 4. The van der Waals surface area contributed by atoms with Crippen LogP contribution in [-0.2, 0) is 11.3 Å². The summed E-state index contributed by atoms with van der Waals surface area (Å²) >= 11 is 0. The predicted molar refractivity (Wildman–Crippen MR) is 99.5 cm³/mol. The van der Waals surface area contributed by atoms with Crippen molar-refractivity contribution >= 4 is 11.9 Å². The van der Waals surface area contributed by atoms with Crippen LogP contribution < -0.4 is 11.1 Å². The minimum Gasteiger partial charge on any atom is -0.480 e. The Morgan fingerprint density at radius 1 is 1.21 bits per heavy atom. The van der Waals surface area contributed by atoms with E-state index in [9.17, 15) is 14.7 Å². The maximum Gasteiger partial charge on any atom is 0.321 e. The highest BCUT2D eigenvalue weighted by Gasteiger charge is 2.30. The van der Waals surface area contributed by atoms with Crippen molar-refractivity contribution in [1.29, 1.82) is 0 Å². The normalized spacial score (nSPS) is 15.4. The van der Waals surface area contributed by atoms with Gasteiger partial charge in [0.05, 0.1) is 18.2 Å². The molecule has 0 spiro atoms. The van der Waals surface area contributed by atoms with Crippen molar-refractivity contribution in [1.82, 2.24) is 25.1 Å². The van der Waals surface area contributed by atoms with Gasteiger partial charge in [-0.25, -0.2) is 9.97 Å². The second-order valence-electron chi connectivity index (χ2n) is 6.45. The van der Waals surface area contributed by atoms with Crippen molar-refractivity contribution in [2.75, 3.05) is 6.54 Å². The summed E-state index contributed by atoms with van der Waals surface area (Å²) in [5.74, 6) is -1.76. The first-order valence-corrected chi connectivity index (χ1v) is 8.77. The van der Waals surface area contributed by atoms with Crippen molar-refractivity contribution in [3.05, 3.63) is 65.7 Å². The lowest BCUT2D eigenvalue weighted by molar-refractivity contribution is -0.138. The highest BCUT2D eigenvalue weighted by Crippen LogP contribution is 2.27.